The summed E-state index contributed by atoms with van der Waals surface area (Å²) in [7, 11) is 0. The maximum absolute atomic E-state index is 12.9. The van der Waals surface area contributed by atoms with Gasteiger partial charge in [0.15, 0.2) is 6.61 Å². The van der Waals surface area contributed by atoms with Gasteiger partial charge in [-0.1, -0.05) is 30.3 Å². The fraction of sp³-hybridized carbons (Fsp3) is 0.448. The Balaban J connectivity index is 1.98. The SMILES string of the molecule is C=CCN1C[C@H](C)N([C@@H](c2ccc(C(=O)N(CC)CC)cc2)c2cccc(OCC(=O)O)c2)C[C@H]1C. The maximum Gasteiger partial charge on any atom is 0.341 e. The van der Waals surface area contributed by atoms with Gasteiger partial charge in [-0.25, -0.2) is 4.79 Å². The maximum atomic E-state index is 12.9. The van der Waals surface area contributed by atoms with Gasteiger partial charge in [0.05, 0.1) is 6.04 Å². The Morgan fingerprint density at radius 2 is 1.78 bits per heavy atom. The number of hydrogen-bond donors (Lipinski definition) is 1. The van der Waals surface area contributed by atoms with E-state index in [1.165, 1.54) is 0 Å². The van der Waals surface area contributed by atoms with Crippen LogP contribution in [-0.2, 0) is 4.79 Å². The summed E-state index contributed by atoms with van der Waals surface area (Å²) < 4.78 is 5.49. The van der Waals surface area contributed by atoms with Crippen LogP contribution in [0.2, 0.25) is 0 Å². The summed E-state index contributed by atoms with van der Waals surface area (Å²) in [5, 5.41) is 9.04. The molecular formula is C29H39N3O4. The van der Waals surface area contributed by atoms with Gasteiger partial charge in [-0.3, -0.25) is 14.6 Å². The van der Waals surface area contributed by atoms with Gasteiger partial charge in [0.25, 0.3) is 5.91 Å². The van der Waals surface area contributed by atoms with Gasteiger partial charge < -0.3 is 14.7 Å². The van der Waals surface area contributed by atoms with Crippen molar-refractivity contribution in [2.75, 3.05) is 39.3 Å². The van der Waals surface area contributed by atoms with Gasteiger partial charge in [-0.2, -0.15) is 0 Å². The average Bonchev–Trinajstić information content (AvgIpc) is 2.87. The first-order chi connectivity index (χ1) is 17.3. The number of carboxylic acid groups (broad SMARTS) is 1. The molecule has 36 heavy (non-hydrogen) atoms. The molecule has 3 atom stereocenters. The van der Waals surface area contributed by atoms with Crippen molar-refractivity contribution in [3.63, 3.8) is 0 Å². The van der Waals surface area contributed by atoms with Gasteiger partial charge in [0, 0.05) is 50.4 Å². The summed E-state index contributed by atoms with van der Waals surface area (Å²) >= 11 is 0. The number of aliphatic carboxylic acids is 1. The third-order valence-electron chi connectivity index (χ3n) is 6.92. The first-order valence-electron chi connectivity index (χ1n) is 12.7. The van der Waals surface area contributed by atoms with Crippen LogP contribution in [-0.4, -0.2) is 83.1 Å². The van der Waals surface area contributed by atoms with Crippen LogP contribution in [0.1, 0.15) is 55.2 Å². The zero-order valence-electron chi connectivity index (χ0n) is 21.9. The van der Waals surface area contributed by atoms with Crippen LogP contribution < -0.4 is 4.74 Å². The topological polar surface area (TPSA) is 73.3 Å². The molecule has 0 bridgehead atoms. The molecule has 194 valence electrons. The second-order valence-corrected chi connectivity index (χ2v) is 9.39. The van der Waals surface area contributed by atoms with E-state index >= 15 is 0 Å². The minimum absolute atomic E-state index is 0.0344. The number of benzene rings is 2. The molecule has 2 aromatic rings. The molecule has 0 saturated carbocycles. The van der Waals surface area contributed by atoms with Gasteiger partial charge in [0.2, 0.25) is 0 Å². The first kappa shape index (κ1) is 27.4. The number of amides is 1. The van der Waals surface area contributed by atoms with E-state index < -0.39 is 5.97 Å². The Labute approximate surface area is 215 Å². The fourth-order valence-electron chi connectivity index (χ4n) is 5.00. The van der Waals surface area contributed by atoms with Crippen LogP contribution in [0.3, 0.4) is 0 Å². The number of carbonyl (C=O) groups is 2. The highest BCUT2D eigenvalue weighted by Gasteiger charge is 2.34. The number of hydrogen-bond acceptors (Lipinski definition) is 5. The molecule has 1 fully saturated rings. The molecule has 2 aromatic carbocycles. The largest absolute Gasteiger partial charge is 0.482 e. The summed E-state index contributed by atoms with van der Waals surface area (Å²) in [5.74, 6) is -0.447. The zero-order valence-corrected chi connectivity index (χ0v) is 21.9. The molecule has 1 amide bonds. The Morgan fingerprint density at radius 3 is 2.39 bits per heavy atom. The number of ether oxygens (including phenoxy) is 1. The molecule has 3 rings (SSSR count). The molecule has 0 aromatic heterocycles. The molecule has 0 unspecified atom stereocenters. The van der Waals surface area contributed by atoms with Gasteiger partial charge in [0.1, 0.15) is 5.75 Å². The monoisotopic (exact) mass is 493 g/mol. The van der Waals surface area contributed by atoms with E-state index in [-0.39, 0.29) is 24.6 Å². The lowest BCUT2D eigenvalue weighted by molar-refractivity contribution is -0.139. The Bertz CT molecular complexity index is 1040. The van der Waals surface area contributed by atoms with Crippen molar-refractivity contribution in [3.05, 3.63) is 77.9 Å². The summed E-state index contributed by atoms with van der Waals surface area (Å²) in [6.07, 6.45) is 1.95. The van der Waals surface area contributed by atoms with Crippen molar-refractivity contribution >= 4 is 11.9 Å². The van der Waals surface area contributed by atoms with Crippen LogP contribution in [0, 0.1) is 0 Å². The van der Waals surface area contributed by atoms with Crippen molar-refractivity contribution in [1.29, 1.82) is 0 Å². The minimum atomic E-state index is -1.01. The van der Waals surface area contributed by atoms with Crippen molar-refractivity contribution in [3.8, 4) is 5.75 Å². The first-order valence-corrected chi connectivity index (χ1v) is 12.7. The summed E-state index contributed by atoms with van der Waals surface area (Å²) in [5.41, 5.74) is 2.78. The van der Waals surface area contributed by atoms with E-state index in [4.69, 9.17) is 9.84 Å². The lowest BCUT2D eigenvalue weighted by atomic mass is 9.92. The molecule has 1 aliphatic rings. The number of carbonyl (C=O) groups excluding carboxylic acids is 1. The Morgan fingerprint density at radius 1 is 1.08 bits per heavy atom. The second-order valence-electron chi connectivity index (χ2n) is 9.39. The summed E-state index contributed by atoms with van der Waals surface area (Å²) in [6.45, 7) is 15.9. The molecule has 7 heteroatoms. The number of piperazine rings is 1. The Kier molecular flexibility index (Phi) is 9.67. The minimum Gasteiger partial charge on any atom is -0.482 e. The van der Waals surface area contributed by atoms with Gasteiger partial charge in [-0.05, 0) is 63.1 Å². The highest BCUT2D eigenvalue weighted by molar-refractivity contribution is 5.94. The van der Waals surface area contributed by atoms with Crippen LogP contribution >= 0.6 is 0 Å². The standard InChI is InChI=1S/C29H39N3O4/c1-6-16-31-18-22(5)32(19-21(31)4)28(25-10-9-11-26(17-25)36-20-27(33)34)23-12-14-24(15-13-23)29(35)30(7-2)8-3/h6,9-15,17,21-22,28H,1,7-8,16,18-20H2,2-5H3,(H,33,34)/t21-,22+,28+/m1/s1. The van der Waals surface area contributed by atoms with Crippen molar-refractivity contribution in [1.82, 2.24) is 14.7 Å². The van der Waals surface area contributed by atoms with Gasteiger partial charge in [-0.15, -0.1) is 6.58 Å². The van der Waals surface area contributed by atoms with Crippen LogP contribution in [0.4, 0.5) is 0 Å². The molecule has 7 nitrogen and oxygen atoms in total. The lowest BCUT2D eigenvalue weighted by Gasteiger charge is -2.47. The molecule has 1 N–H and O–H groups in total. The lowest BCUT2D eigenvalue weighted by Crippen LogP contribution is -2.57. The van der Waals surface area contributed by atoms with Gasteiger partial charge >= 0.3 is 5.97 Å². The molecule has 1 heterocycles. The molecule has 0 aliphatic carbocycles. The van der Waals surface area contributed by atoms with E-state index in [9.17, 15) is 9.59 Å². The second kappa shape index (κ2) is 12.7. The van der Waals surface area contributed by atoms with Crippen LogP contribution in [0.25, 0.3) is 0 Å². The van der Waals surface area contributed by atoms with E-state index in [1.54, 1.807) is 6.07 Å². The smallest absolute Gasteiger partial charge is 0.341 e. The zero-order chi connectivity index (χ0) is 26.2. The van der Waals surface area contributed by atoms with Crippen LogP contribution in [0.5, 0.6) is 5.75 Å². The summed E-state index contributed by atoms with van der Waals surface area (Å²) in [4.78, 5) is 30.6. The predicted octanol–water partition coefficient (Wildman–Crippen LogP) is 4.30. The van der Waals surface area contributed by atoms with E-state index in [0.29, 0.717) is 30.4 Å². The van der Waals surface area contributed by atoms with Crippen molar-refractivity contribution in [2.24, 2.45) is 0 Å². The average molecular weight is 494 g/mol. The fourth-order valence-corrected chi connectivity index (χ4v) is 5.00. The third kappa shape index (κ3) is 6.53. The molecular weight excluding hydrogens is 454 g/mol. The number of rotatable bonds is 11. The Hall–Kier alpha value is -3.16. The van der Waals surface area contributed by atoms with E-state index in [1.807, 2.05) is 61.2 Å². The van der Waals surface area contributed by atoms with E-state index in [2.05, 4.69) is 36.3 Å². The molecule has 0 spiro atoms. The quantitative estimate of drug-likeness (QED) is 0.471. The highest BCUT2D eigenvalue weighted by atomic mass is 16.5. The van der Waals surface area contributed by atoms with Crippen LogP contribution in [0.15, 0.2) is 61.2 Å². The van der Waals surface area contributed by atoms with Crippen molar-refractivity contribution in [2.45, 2.75) is 45.8 Å². The normalized spacial score (nSPS) is 19.4. The van der Waals surface area contributed by atoms with Crippen molar-refractivity contribution < 1.29 is 19.4 Å². The van der Waals surface area contributed by atoms with E-state index in [0.717, 1.165) is 30.8 Å². The third-order valence-corrected chi connectivity index (χ3v) is 6.92. The molecule has 0 radical (unpaired) electrons. The predicted molar refractivity (Wildman–Crippen MR) is 143 cm³/mol. The summed E-state index contributed by atoms with van der Waals surface area (Å²) in [6, 6.07) is 16.1. The number of nitrogens with zero attached hydrogens (tertiary/aromatic N) is 3. The molecule has 1 aliphatic heterocycles. The number of carboxylic acids is 1. The molecule has 1 saturated heterocycles. The highest BCUT2D eigenvalue weighted by Crippen LogP contribution is 2.35.